The zero-order chi connectivity index (χ0) is 17.5. The van der Waals surface area contributed by atoms with Crippen LogP contribution in [-0.4, -0.2) is 23.5 Å². The van der Waals surface area contributed by atoms with E-state index in [4.69, 9.17) is 14.3 Å². The third-order valence-electron chi connectivity index (χ3n) is 3.21. The normalized spacial score (nSPS) is 11.8. The van der Waals surface area contributed by atoms with Gasteiger partial charge in [0, 0.05) is 17.4 Å². The summed E-state index contributed by atoms with van der Waals surface area (Å²) in [6.45, 7) is 2.24. The lowest BCUT2D eigenvalue weighted by Crippen LogP contribution is -2.28. The maximum atomic E-state index is 12.0. The number of rotatable bonds is 8. The second kappa shape index (κ2) is 8.54. The average molecular weight is 396 g/mol. The molecular weight excluding hydrogens is 378 g/mol. The molecule has 2 aromatic rings. The molecule has 0 saturated heterocycles. The van der Waals surface area contributed by atoms with E-state index >= 15 is 0 Å². The van der Waals surface area contributed by atoms with Crippen molar-refractivity contribution in [2.75, 3.05) is 6.54 Å². The topological polar surface area (TPSA) is 88.8 Å². The Kier molecular flexibility index (Phi) is 6.43. The van der Waals surface area contributed by atoms with E-state index in [2.05, 4.69) is 21.2 Å². The minimum Gasteiger partial charge on any atom is -0.486 e. The maximum Gasteiger partial charge on any atom is 0.303 e. The number of carbonyl (C=O) groups is 2. The van der Waals surface area contributed by atoms with Crippen LogP contribution in [0.1, 0.15) is 29.7 Å². The number of carboxylic acid groups (broad SMARTS) is 1. The Labute approximate surface area is 147 Å². The summed E-state index contributed by atoms with van der Waals surface area (Å²) in [5, 5.41) is 11.3. The molecule has 0 aliphatic carbocycles. The largest absolute Gasteiger partial charge is 0.486 e. The molecular formula is C17H18BrNO5. The number of carboxylic acids is 1. The van der Waals surface area contributed by atoms with Gasteiger partial charge in [0.05, 0.1) is 0 Å². The lowest BCUT2D eigenvalue weighted by Gasteiger charge is -2.09. The third kappa shape index (κ3) is 5.73. The summed E-state index contributed by atoms with van der Waals surface area (Å²) in [4.78, 5) is 22.5. The Bertz CT molecular complexity index is 695. The van der Waals surface area contributed by atoms with Crippen LogP contribution in [0.5, 0.6) is 5.75 Å². The van der Waals surface area contributed by atoms with E-state index in [0.29, 0.717) is 11.5 Å². The Morgan fingerprint density at radius 3 is 2.62 bits per heavy atom. The molecule has 1 atom stereocenters. The third-order valence-corrected chi connectivity index (χ3v) is 3.74. The van der Waals surface area contributed by atoms with Gasteiger partial charge in [0.25, 0.3) is 5.91 Å². The molecule has 1 aromatic heterocycles. The molecule has 0 spiro atoms. The van der Waals surface area contributed by atoms with Crippen molar-refractivity contribution in [2.45, 2.75) is 20.0 Å². The quantitative estimate of drug-likeness (QED) is 0.714. The summed E-state index contributed by atoms with van der Waals surface area (Å²) in [5.41, 5.74) is 0. The van der Waals surface area contributed by atoms with Gasteiger partial charge >= 0.3 is 5.97 Å². The van der Waals surface area contributed by atoms with Gasteiger partial charge in [-0.1, -0.05) is 22.9 Å². The first-order valence-electron chi connectivity index (χ1n) is 7.41. The average Bonchev–Trinajstić information content (AvgIpc) is 3.00. The van der Waals surface area contributed by atoms with Crippen LogP contribution >= 0.6 is 15.9 Å². The number of halogens is 1. The van der Waals surface area contributed by atoms with Crippen LogP contribution in [0.4, 0.5) is 0 Å². The predicted molar refractivity (Wildman–Crippen MR) is 90.9 cm³/mol. The van der Waals surface area contributed by atoms with E-state index in [-0.39, 0.29) is 37.2 Å². The van der Waals surface area contributed by atoms with E-state index < -0.39 is 5.97 Å². The lowest BCUT2D eigenvalue weighted by molar-refractivity contribution is -0.137. The van der Waals surface area contributed by atoms with Gasteiger partial charge in [0.1, 0.15) is 18.1 Å². The van der Waals surface area contributed by atoms with Crippen molar-refractivity contribution in [1.29, 1.82) is 0 Å². The number of nitrogens with one attached hydrogen (secondary N) is 1. The molecule has 2 rings (SSSR count). The van der Waals surface area contributed by atoms with Gasteiger partial charge in [-0.2, -0.15) is 0 Å². The molecule has 7 heteroatoms. The number of benzene rings is 1. The van der Waals surface area contributed by atoms with Gasteiger partial charge in [0.2, 0.25) is 0 Å². The van der Waals surface area contributed by atoms with Crippen molar-refractivity contribution in [3.63, 3.8) is 0 Å². The first-order chi connectivity index (χ1) is 11.4. The Morgan fingerprint density at radius 2 is 1.96 bits per heavy atom. The van der Waals surface area contributed by atoms with E-state index in [1.807, 2.05) is 24.3 Å². The highest BCUT2D eigenvalue weighted by molar-refractivity contribution is 9.10. The second-order valence-corrected chi connectivity index (χ2v) is 6.34. The second-order valence-electron chi connectivity index (χ2n) is 5.42. The van der Waals surface area contributed by atoms with Crippen molar-refractivity contribution < 1.29 is 23.8 Å². The zero-order valence-electron chi connectivity index (χ0n) is 13.1. The van der Waals surface area contributed by atoms with Crippen LogP contribution in [0.15, 0.2) is 45.3 Å². The number of aliphatic carboxylic acids is 1. The SMILES string of the molecule is CC(CNC(=O)c1ccc(COc2ccc(Br)cc2)o1)CC(=O)O. The number of ether oxygens (including phenoxy) is 1. The molecule has 0 aliphatic heterocycles. The molecule has 0 bridgehead atoms. The fraction of sp³-hybridized carbons (Fsp3) is 0.294. The summed E-state index contributed by atoms with van der Waals surface area (Å²) < 4.78 is 12.0. The van der Waals surface area contributed by atoms with Crippen LogP contribution < -0.4 is 10.1 Å². The molecule has 24 heavy (non-hydrogen) atoms. The summed E-state index contributed by atoms with van der Waals surface area (Å²) >= 11 is 3.35. The smallest absolute Gasteiger partial charge is 0.303 e. The van der Waals surface area contributed by atoms with E-state index in [1.165, 1.54) is 0 Å². The molecule has 6 nitrogen and oxygen atoms in total. The highest BCUT2D eigenvalue weighted by Gasteiger charge is 2.14. The van der Waals surface area contributed by atoms with E-state index in [0.717, 1.165) is 4.47 Å². The van der Waals surface area contributed by atoms with Crippen molar-refractivity contribution in [3.05, 3.63) is 52.4 Å². The van der Waals surface area contributed by atoms with Crippen molar-refractivity contribution in [1.82, 2.24) is 5.32 Å². The highest BCUT2D eigenvalue weighted by atomic mass is 79.9. The molecule has 128 valence electrons. The number of hydrogen-bond acceptors (Lipinski definition) is 4. The molecule has 0 radical (unpaired) electrons. The fourth-order valence-corrected chi connectivity index (χ4v) is 2.25. The van der Waals surface area contributed by atoms with Gasteiger partial charge in [0.15, 0.2) is 5.76 Å². The molecule has 1 unspecified atom stereocenters. The zero-order valence-corrected chi connectivity index (χ0v) is 14.7. The maximum absolute atomic E-state index is 12.0. The summed E-state index contributed by atoms with van der Waals surface area (Å²) in [5.74, 6) is -0.0115. The van der Waals surface area contributed by atoms with Gasteiger partial charge < -0.3 is 19.6 Å². The summed E-state index contributed by atoms with van der Waals surface area (Å²) in [7, 11) is 0. The molecule has 0 fully saturated rings. The van der Waals surface area contributed by atoms with Crippen molar-refractivity contribution in [3.8, 4) is 5.75 Å². The van der Waals surface area contributed by atoms with Gasteiger partial charge in [-0.05, 0) is 42.3 Å². The van der Waals surface area contributed by atoms with Crippen LogP contribution in [0.25, 0.3) is 0 Å². The lowest BCUT2D eigenvalue weighted by atomic mass is 10.1. The van der Waals surface area contributed by atoms with Crippen LogP contribution in [0.3, 0.4) is 0 Å². The summed E-state index contributed by atoms with van der Waals surface area (Å²) in [6, 6.07) is 10.6. The van der Waals surface area contributed by atoms with Gasteiger partial charge in [-0.15, -0.1) is 0 Å². The molecule has 1 aromatic carbocycles. The summed E-state index contributed by atoms with van der Waals surface area (Å²) in [6.07, 6.45) is 0.00468. The molecule has 0 saturated carbocycles. The molecule has 0 aliphatic rings. The minimum atomic E-state index is -0.887. The van der Waals surface area contributed by atoms with Crippen molar-refractivity contribution in [2.24, 2.45) is 5.92 Å². The Morgan fingerprint density at radius 1 is 1.25 bits per heavy atom. The molecule has 1 amide bonds. The number of furan rings is 1. The van der Waals surface area contributed by atoms with Crippen LogP contribution in [-0.2, 0) is 11.4 Å². The number of amides is 1. The Hall–Kier alpha value is -2.28. The van der Waals surface area contributed by atoms with Gasteiger partial charge in [-0.3, -0.25) is 9.59 Å². The van der Waals surface area contributed by atoms with Crippen LogP contribution in [0.2, 0.25) is 0 Å². The van der Waals surface area contributed by atoms with Gasteiger partial charge in [-0.25, -0.2) is 0 Å². The number of carbonyl (C=O) groups excluding carboxylic acids is 1. The molecule has 1 heterocycles. The fourth-order valence-electron chi connectivity index (χ4n) is 1.99. The first-order valence-corrected chi connectivity index (χ1v) is 8.20. The Balaban J connectivity index is 1.82. The highest BCUT2D eigenvalue weighted by Crippen LogP contribution is 2.18. The standard InChI is InChI=1S/C17H18BrNO5/c1-11(8-16(20)21)9-19-17(22)15-7-6-14(24-15)10-23-13-4-2-12(18)3-5-13/h2-7,11H,8-10H2,1H3,(H,19,22)(H,20,21). The number of hydrogen-bond donors (Lipinski definition) is 2. The minimum absolute atomic E-state index is 0.00468. The monoisotopic (exact) mass is 395 g/mol. The van der Waals surface area contributed by atoms with E-state index in [1.54, 1.807) is 19.1 Å². The first kappa shape index (κ1) is 18.1. The molecule has 2 N–H and O–H groups in total. The van der Waals surface area contributed by atoms with E-state index in [9.17, 15) is 9.59 Å². The predicted octanol–water partition coefficient (Wildman–Crippen LogP) is 3.46. The van der Waals surface area contributed by atoms with Crippen molar-refractivity contribution >= 4 is 27.8 Å². The van der Waals surface area contributed by atoms with Crippen LogP contribution in [0, 0.1) is 5.92 Å².